The zero-order valence-corrected chi connectivity index (χ0v) is 22.8. The number of para-hydroxylation sites is 3. The lowest BCUT2D eigenvalue weighted by Gasteiger charge is -2.15. The number of aromatic nitrogens is 2. The van der Waals surface area contributed by atoms with Crippen molar-refractivity contribution < 1.29 is 0 Å². The quantitative estimate of drug-likeness (QED) is 0.226. The van der Waals surface area contributed by atoms with Gasteiger partial charge in [0, 0.05) is 33.2 Å². The fourth-order valence-corrected chi connectivity index (χ4v) is 6.61. The summed E-state index contributed by atoms with van der Waals surface area (Å²) in [6.45, 7) is 0. The molecule has 1 aliphatic rings. The predicted octanol–water partition coefficient (Wildman–Crippen LogP) is 9.10. The maximum absolute atomic E-state index is 10.1. The molecule has 0 saturated carbocycles. The molecule has 0 N–H and O–H groups in total. The minimum atomic E-state index is 0.569. The van der Waals surface area contributed by atoms with Gasteiger partial charge in [0.2, 0.25) is 0 Å². The number of nitrogens with zero attached hydrogens (tertiary/aromatic N) is 4. The first-order valence-corrected chi connectivity index (χ1v) is 14.1. The molecule has 0 spiro atoms. The van der Waals surface area contributed by atoms with E-state index in [9.17, 15) is 10.5 Å². The first-order valence-electron chi connectivity index (χ1n) is 14.1. The molecule has 0 fully saturated rings. The van der Waals surface area contributed by atoms with Gasteiger partial charge in [-0.05, 0) is 90.2 Å². The lowest BCUT2D eigenvalue weighted by molar-refractivity contribution is 0.967. The van der Waals surface area contributed by atoms with Crippen LogP contribution in [0.2, 0.25) is 0 Å². The average Bonchev–Trinajstić information content (AvgIpc) is 3.57. The highest BCUT2D eigenvalue weighted by Crippen LogP contribution is 2.37. The van der Waals surface area contributed by atoms with Gasteiger partial charge in [-0.15, -0.1) is 0 Å². The second kappa shape index (κ2) is 9.37. The molecule has 4 nitrogen and oxygen atoms in total. The van der Waals surface area contributed by atoms with E-state index in [1.54, 1.807) is 0 Å². The van der Waals surface area contributed by atoms with Gasteiger partial charge in [0.25, 0.3) is 0 Å². The minimum Gasteiger partial charge on any atom is -0.310 e. The van der Waals surface area contributed by atoms with Crippen molar-refractivity contribution in [3.05, 3.63) is 138 Å². The van der Waals surface area contributed by atoms with Crippen molar-refractivity contribution >= 4 is 38.8 Å². The molecule has 8 rings (SSSR count). The molecule has 5 aromatic carbocycles. The topological polar surface area (TPSA) is 57.4 Å². The predicted molar refractivity (Wildman–Crippen MR) is 170 cm³/mol. The number of benzene rings is 5. The van der Waals surface area contributed by atoms with Crippen LogP contribution in [0.5, 0.6) is 0 Å². The molecule has 0 saturated heterocycles. The Morgan fingerprint density at radius 2 is 1.05 bits per heavy atom. The lowest BCUT2D eigenvalue weighted by atomic mass is 9.99. The van der Waals surface area contributed by atoms with E-state index in [2.05, 4.69) is 106 Å². The standard InChI is InChI=1S/C38H24N4/c39-23-25-17-27(21-29(19-25)41-35-13-5-1-9-31(35)32-10-2-6-14-36(32)41)28-18-26(24-40)20-30(22-28)42-37-15-7-3-11-33(37)34-12-4-8-16-38(34)42/h1-3,5-11,13-22H,4,12H2. The molecule has 0 bridgehead atoms. The van der Waals surface area contributed by atoms with Crippen molar-refractivity contribution in [1.29, 1.82) is 10.5 Å². The van der Waals surface area contributed by atoms with E-state index < -0.39 is 0 Å². The maximum Gasteiger partial charge on any atom is 0.0992 e. The largest absolute Gasteiger partial charge is 0.310 e. The summed E-state index contributed by atoms with van der Waals surface area (Å²) < 4.78 is 4.50. The third-order valence-electron chi connectivity index (χ3n) is 8.38. The molecule has 0 amide bonds. The van der Waals surface area contributed by atoms with E-state index in [0.717, 1.165) is 51.9 Å². The fraction of sp³-hybridized carbons (Fsp3) is 0.0526. The minimum absolute atomic E-state index is 0.569. The molecular weight excluding hydrogens is 512 g/mol. The molecule has 42 heavy (non-hydrogen) atoms. The van der Waals surface area contributed by atoms with Gasteiger partial charge >= 0.3 is 0 Å². The molecule has 7 aromatic rings. The Labute approximate surface area is 243 Å². The Bertz CT molecular complexity index is 2280. The molecule has 2 aromatic heterocycles. The van der Waals surface area contributed by atoms with Gasteiger partial charge in [-0.3, -0.25) is 0 Å². The number of aryl methyl sites for hydroxylation is 1. The molecular formula is C38H24N4. The number of hydrogen-bond acceptors (Lipinski definition) is 2. The van der Waals surface area contributed by atoms with Crippen LogP contribution in [0.15, 0.2) is 115 Å². The number of rotatable bonds is 3. The molecule has 1 aliphatic carbocycles. The highest BCUT2D eigenvalue weighted by molar-refractivity contribution is 6.09. The van der Waals surface area contributed by atoms with Crippen LogP contribution in [-0.2, 0) is 6.42 Å². The van der Waals surface area contributed by atoms with Crippen LogP contribution in [0.3, 0.4) is 0 Å². The van der Waals surface area contributed by atoms with Crippen molar-refractivity contribution in [2.75, 3.05) is 0 Å². The molecule has 0 aliphatic heterocycles. The monoisotopic (exact) mass is 536 g/mol. The highest BCUT2D eigenvalue weighted by atomic mass is 15.0. The van der Waals surface area contributed by atoms with Gasteiger partial charge < -0.3 is 9.13 Å². The zero-order valence-electron chi connectivity index (χ0n) is 22.8. The van der Waals surface area contributed by atoms with Gasteiger partial charge in [-0.1, -0.05) is 60.7 Å². The van der Waals surface area contributed by atoms with E-state index in [1.165, 1.54) is 27.4 Å². The Morgan fingerprint density at radius 3 is 1.62 bits per heavy atom. The Balaban J connectivity index is 1.38. The van der Waals surface area contributed by atoms with Gasteiger partial charge in [0.1, 0.15) is 0 Å². The summed E-state index contributed by atoms with van der Waals surface area (Å²) in [5.41, 5.74) is 10.6. The zero-order chi connectivity index (χ0) is 28.2. The van der Waals surface area contributed by atoms with E-state index in [1.807, 2.05) is 36.4 Å². The van der Waals surface area contributed by atoms with Crippen LogP contribution in [0.1, 0.15) is 28.8 Å². The summed E-state index contributed by atoms with van der Waals surface area (Å²) in [6.07, 6.45) is 6.45. The van der Waals surface area contributed by atoms with E-state index >= 15 is 0 Å². The third kappa shape index (κ3) is 3.60. The van der Waals surface area contributed by atoms with Crippen molar-refractivity contribution in [2.24, 2.45) is 0 Å². The van der Waals surface area contributed by atoms with E-state index in [0.29, 0.717) is 11.1 Å². The third-order valence-corrected chi connectivity index (χ3v) is 8.38. The molecule has 0 unspecified atom stereocenters. The first kappa shape index (κ1) is 24.0. The van der Waals surface area contributed by atoms with Crippen LogP contribution in [0, 0.1) is 22.7 Å². The van der Waals surface area contributed by atoms with Crippen molar-refractivity contribution in [3.63, 3.8) is 0 Å². The van der Waals surface area contributed by atoms with Gasteiger partial charge in [0.15, 0.2) is 0 Å². The Morgan fingerprint density at radius 1 is 0.548 bits per heavy atom. The molecule has 0 atom stereocenters. The SMILES string of the molecule is N#Cc1cc(-c2cc(C#N)cc(-n3c4ccccc4c4ccccc43)c2)cc(-n2c3c(c4ccccc42)CCC=C3)c1. The second-order valence-corrected chi connectivity index (χ2v) is 10.8. The van der Waals surface area contributed by atoms with Crippen molar-refractivity contribution in [1.82, 2.24) is 9.13 Å². The highest BCUT2D eigenvalue weighted by Gasteiger charge is 2.20. The van der Waals surface area contributed by atoms with Crippen LogP contribution in [0.4, 0.5) is 0 Å². The second-order valence-electron chi connectivity index (χ2n) is 10.8. The number of fused-ring (bicyclic) bond motifs is 6. The smallest absolute Gasteiger partial charge is 0.0992 e. The van der Waals surface area contributed by atoms with Crippen molar-refractivity contribution in [3.8, 4) is 34.6 Å². The molecule has 4 heteroatoms. The van der Waals surface area contributed by atoms with E-state index in [-0.39, 0.29) is 0 Å². The molecule has 2 heterocycles. The summed E-state index contributed by atoms with van der Waals surface area (Å²) in [7, 11) is 0. The Kier molecular flexibility index (Phi) is 5.36. The normalized spacial score (nSPS) is 12.4. The van der Waals surface area contributed by atoms with E-state index in [4.69, 9.17) is 0 Å². The van der Waals surface area contributed by atoms with Gasteiger partial charge in [0.05, 0.1) is 39.8 Å². The summed E-state index contributed by atoms with van der Waals surface area (Å²) in [5, 5.41) is 23.8. The number of nitriles is 2. The van der Waals surface area contributed by atoms with Crippen LogP contribution in [-0.4, -0.2) is 9.13 Å². The fourth-order valence-electron chi connectivity index (χ4n) is 6.61. The van der Waals surface area contributed by atoms with Crippen LogP contribution in [0.25, 0.3) is 61.3 Å². The molecule has 0 radical (unpaired) electrons. The number of allylic oxidation sites excluding steroid dienone is 1. The van der Waals surface area contributed by atoms with Crippen LogP contribution < -0.4 is 0 Å². The maximum atomic E-state index is 10.1. The summed E-state index contributed by atoms with van der Waals surface area (Å²) in [4.78, 5) is 0. The molecule has 196 valence electrons. The van der Waals surface area contributed by atoms with Crippen LogP contribution >= 0.6 is 0 Å². The van der Waals surface area contributed by atoms with Gasteiger partial charge in [-0.2, -0.15) is 10.5 Å². The first-order chi connectivity index (χ1) is 20.7. The summed E-state index contributed by atoms with van der Waals surface area (Å²) >= 11 is 0. The summed E-state index contributed by atoms with van der Waals surface area (Å²) in [5.74, 6) is 0. The lowest BCUT2D eigenvalue weighted by Crippen LogP contribution is -2.01. The van der Waals surface area contributed by atoms with Gasteiger partial charge in [-0.25, -0.2) is 0 Å². The average molecular weight is 537 g/mol. The Hall–Kier alpha value is -5.84. The summed E-state index contributed by atoms with van der Waals surface area (Å²) in [6, 6.07) is 42.0. The number of hydrogen-bond donors (Lipinski definition) is 0. The van der Waals surface area contributed by atoms with Crippen molar-refractivity contribution in [2.45, 2.75) is 12.8 Å².